The highest BCUT2D eigenvalue weighted by atomic mass is 16.3. The van der Waals surface area contributed by atoms with Gasteiger partial charge in [0.2, 0.25) is 5.91 Å². The van der Waals surface area contributed by atoms with Crippen molar-refractivity contribution in [2.75, 3.05) is 17.2 Å². The molecule has 84 valence electrons. The molecule has 0 aromatic heterocycles. The van der Waals surface area contributed by atoms with Crippen molar-refractivity contribution in [2.24, 2.45) is 5.41 Å². The molecule has 16 heavy (non-hydrogen) atoms. The van der Waals surface area contributed by atoms with E-state index < -0.39 is 0 Å². The fourth-order valence-electron chi connectivity index (χ4n) is 2.40. The van der Waals surface area contributed by atoms with Gasteiger partial charge in [-0.15, -0.1) is 0 Å². The van der Waals surface area contributed by atoms with Crippen LogP contribution in [0.15, 0.2) is 18.2 Å². The van der Waals surface area contributed by atoms with E-state index in [-0.39, 0.29) is 17.1 Å². The first kappa shape index (κ1) is 9.51. The molecule has 0 saturated heterocycles. The van der Waals surface area contributed by atoms with Crippen LogP contribution in [0.3, 0.4) is 0 Å². The number of carbonyl (C=O) groups is 1. The van der Waals surface area contributed by atoms with Crippen LogP contribution in [0, 0.1) is 5.41 Å². The van der Waals surface area contributed by atoms with Gasteiger partial charge in [-0.2, -0.15) is 0 Å². The van der Waals surface area contributed by atoms with Crippen molar-refractivity contribution in [1.82, 2.24) is 0 Å². The average molecular weight is 218 g/mol. The van der Waals surface area contributed by atoms with Crippen LogP contribution in [-0.4, -0.2) is 17.6 Å². The van der Waals surface area contributed by atoms with Gasteiger partial charge in [-0.25, -0.2) is 0 Å². The molecular formula is C12H14N2O2. The van der Waals surface area contributed by atoms with E-state index in [1.165, 1.54) is 0 Å². The minimum absolute atomic E-state index is 0.0793. The lowest BCUT2D eigenvalue weighted by molar-refractivity contribution is -0.129. The maximum absolute atomic E-state index is 12.1. The molecule has 1 amide bonds. The number of fused-ring (bicyclic) bond motifs is 1. The zero-order chi connectivity index (χ0) is 11.2. The Balaban J connectivity index is 1.97. The largest absolute Gasteiger partial charge is 0.508 e. The molecule has 1 aromatic rings. The summed E-state index contributed by atoms with van der Waals surface area (Å²) in [7, 11) is 0. The van der Waals surface area contributed by atoms with Crippen LogP contribution >= 0.6 is 0 Å². The number of anilines is 2. The first-order valence-electron chi connectivity index (χ1n) is 5.58. The molecule has 1 aliphatic carbocycles. The summed E-state index contributed by atoms with van der Waals surface area (Å²) in [4.78, 5) is 12.1. The Kier molecular flexibility index (Phi) is 1.87. The fourth-order valence-corrected chi connectivity index (χ4v) is 2.40. The summed E-state index contributed by atoms with van der Waals surface area (Å²) < 4.78 is 0. The quantitative estimate of drug-likeness (QED) is 0.583. The summed E-state index contributed by atoms with van der Waals surface area (Å²) in [6.07, 6.45) is 3.02. The van der Waals surface area contributed by atoms with Gasteiger partial charge in [-0.1, -0.05) is 6.42 Å². The normalized spacial score (nSPS) is 21.4. The Labute approximate surface area is 93.7 Å². The number of phenols is 1. The summed E-state index contributed by atoms with van der Waals surface area (Å²) in [5.41, 5.74) is 1.33. The van der Waals surface area contributed by atoms with E-state index in [9.17, 15) is 9.90 Å². The van der Waals surface area contributed by atoms with Crippen molar-refractivity contribution in [3.8, 4) is 5.75 Å². The first-order chi connectivity index (χ1) is 7.70. The SMILES string of the molecule is O=C1Nc2cc(O)ccc2NCC12CCC2. The maximum Gasteiger partial charge on any atom is 0.232 e. The Bertz CT molecular complexity index is 452. The van der Waals surface area contributed by atoms with Crippen molar-refractivity contribution >= 4 is 17.3 Å². The molecule has 0 radical (unpaired) electrons. The van der Waals surface area contributed by atoms with Crippen LogP contribution in [0.4, 0.5) is 11.4 Å². The zero-order valence-electron chi connectivity index (χ0n) is 8.92. The summed E-state index contributed by atoms with van der Waals surface area (Å²) in [6.45, 7) is 0.691. The Morgan fingerprint density at radius 2 is 2.06 bits per heavy atom. The number of benzene rings is 1. The second kappa shape index (κ2) is 3.14. The van der Waals surface area contributed by atoms with E-state index in [2.05, 4.69) is 10.6 Å². The molecule has 0 bridgehead atoms. The third-order valence-corrected chi connectivity index (χ3v) is 3.66. The highest BCUT2D eigenvalue weighted by Crippen LogP contribution is 2.44. The summed E-state index contributed by atoms with van der Waals surface area (Å²) >= 11 is 0. The highest BCUT2D eigenvalue weighted by Gasteiger charge is 2.45. The number of aromatic hydroxyl groups is 1. The smallest absolute Gasteiger partial charge is 0.232 e. The minimum Gasteiger partial charge on any atom is -0.508 e. The van der Waals surface area contributed by atoms with Gasteiger partial charge in [-0.3, -0.25) is 4.79 Å². The molecule has 1 saturated carbocycles. The molecular weight excluding hydrogens is 204 g/mol. The Morgan fingerprint density at radius 3 is 2.75 bits per heavy atom. The van der Waals surface area contributed by atoms with Gasteiger partial charge in [0, 0.05) is 12.6 Å². The standard InChI is InChI=1S/C12H14N2O2/c15-8-2-3-9-10(6-8)14-11(16)12(7-13-9)4-1-5-12/h2-3,6,13,15H,1,4-5,7H2,(H,14,16). The molecule has 3 N–H and O–H groups in total. The average Bonchev–Trinajstić information content (AvgIpc) is 2.32. The number of carbonyl (C=O) groups excluding carboxylic acids is 1. The molecule has 1 fully saturated rings. The summed E-state index contributed by atoms with van der Waals surface area (Å²) in [5.74, 6) is 0.251. The van der Waals surface area contributed by atoms with Gasteiger partial charge in [0.05, 0.1) is 16.8 Å². The van der Waals surface area contributed by atoms with Gasteiger partial charge >= 0.3 is 0 Å². The monoisotopic (exact) mass is 218 g/mol. The summed E-state index contributed by atoms with van der Waals surface area (Å²) in [5, 5.41) is 15.6. The van der Waals surface area contributed by atoms with E-state index in [0.717, 1.165) is 24.9 Å². The Morgan fingerprint density at radius 1 is 1.25 bits per heavy atom. The van der Waals surface area contributed by atoms with Crippen molar-refractivity contribution in [3.63, 3.8) is 0 Å². The first-order valence-corrected chi connectivity index (χ1v) is 5.58. The van der Waals surface area contributed by atoms with Crippen LogP contribution in [0.25, 0.3) is 0 Å². The number of hydrogen-bond acceptors (Lipinski definition) is 3. The van der Waals surface area contributed by atoms with Gasteiger partial charge in [-0.05, 0) is 25.0 Å². The molecule has 3 rings (SSSR count). The van der Waals surface area contributed by atoms with Crippen molar-refractivity contribution < 1.29 is 9.90 Å². The fraction of sp³-hybridized carbons (Fsp3) is 0.417. The van der Waals surface area contributed by atoms with Crippen molar-refractivity contribution in [2.45, 2.75) is 19.3 Å². The molecule has 4 heteroatoms. The van der Waals surface area contributed by atoms with Crippen LogP contribution in [-0.2, 0) is 4.79 Å². The third-order valence-electron chi connectivity index (χ3n) is 3.66. The second-order valence-electron chi connectivity index (χ2n) is 4.67. The predicted molar refractivity (Wildman–Crippen MR) is 61.5 cm³/mol. The van der Waals surface area contributed by atoms with Gasteiger partial charge in [0.1, 0.15) is 5.75 Å². The van der Waals surface area contributed by atoms with Crippen LogP contribution in [0.1, 0.15) is 19.3 Å². The van der Waals surface area contributed by atoms with Crippen LogP contribution < -0.4 is 10.6 Å². The van der Waals surface area contributed by atoms with Crippen LogP contribution in [0.2, 0.25) is 0 Å². The lowest BCUT2D eigenvalue weighted by atomic mass is 9.68. The van der Waals surface area contributed by atoms with E-state index in [0.29, 0.717) is 12.2 Å². The van der Waals surface area contributed by atoms with Crippen molar-refractivity contribution in [3.05, 3.63) is 18.2 Å². The number of nitrogens with one attached hydrogen (secondary N) is 2. The number of phenolic OH excluding ortho intramolecular Hbond substituents is 1. The molecule has 1 spiro atoms. The molecule has 1 aliphatic heterocycles. The molecule has 0 unspecified atom stereocenters. The molecule has 1 aromatic carbocycles. The lowest BCUT2D eigenvalue weighted by Crippen LogP contribution is -2.45. The molecule has 4 nitrogen and oxygen atoms in total. The number of rotatable bonds is 0. The van der Waals surface area contributed by atoms with Crippen LogP contribution in [0.5, 0.6) is 5.75 Å². The van der Waals surface area contributed by atoms with E-state index in [4.69, 9.17) is 0 Å². The summed E-state index contributed by atoms with van der Waals surface area (Å²) in [6, 6.07) is 5.00. The highest BCUT2D eigenvalue weighted by molar-refractivity contribution is 6.00. The van der Waals surface area contributed by atoms with E-state index in [1.54, 1.807) is 18.2 Å². The second-order valence-corrected chi connectivity index (χ2v) is 4.67. The third kappa shape index (κ3) is 1.26. The van der Waals surface area contributed by atoms with E-state index >= 15 is 0 Å². The van der Waals surface area contributed by atoms with Gasteiger partial charge < -0.3 is 15.7 Å². The molecule has 0 atom stereocenters. The number of amides is 1. The van der Waals surface area contributed by atoms with Gasteiger partial charge in [0.15, 0.2) is 0 Å². The topological polar surface area (TPSA) is 61.4 Å². The minimum atomic E-state index is -0.228. The Hall–Kier alpha value is -1.71. The van der Waals surface area contributed by atoms with Crippen molar-refractivity contribution in [1.29, 1.82) is 0 Å². The number of hydrogen-bond donors (Lipinski definition) is 3. The predicted octanol–water partition coefficient (Wildman–Crippen LogP) is 1.93. The molecule has 2 aliphatic rings. The zero-order valence-corrected chi connectivity index (χ0v) is 8.92. The van der Waals surface area contributed by atoms with E-state index in [1.807, 2.05) is 0 Å². The maximum atomic E-state index is 12.1. The van der Waals surface area contributed by atoms with Gasteiger partial charge in [0.25, 0.3) is 0 Å². The molecule has 1 heterocycles. The lowest BCUT2D eigenvalue weighted by Gasteiger charge is -2.38.